The maximum atomic E-state index is 12.1. The van der Waals surface area contributed by atoms with Crippen LogP contribution in [0.2, 0.25) is 0 Å². The molecule has 0 spiro atoms. The van der Waals surface area contributed by atoms with Crippen molar-refractivity contribution >= 4 is 27.3 Å². The molecule has 0 bridgehead atoms. The van der Waals surface area contributed by atoms with Crippen molar-refractivity contribution in [3.8, 4) is 0 Å². The van der Waals surface area contributed by atoms with E-state index in [1.54, 1.807) is 6.92 Å². The second kappa shape index (κ2) is 5.83. The van der Waals surface area contributed by atoms with Gasteiger partial charge in [-0.3, -0.25) is 0 Å². The van der Waals surface area contributed by atoms with Gasteiger partial charge in [-0.2, -0.15) is 0 Å². The number of sulfonamides is 1. The zero-order valence-electron chi connectivity index (χ0n) is 11.6. The molecule has 0 amide bonds. The molecule has 1 aromatic rings. The Morgan fingerprint density at radius 1 is 1.45 bits per heavy atom. The van der Waals surface area contributed by atoms with E-state index >= 15 is 0 Å². The molecule has 1 aliphatic carbocycles. The lowest BCUT2D eigenvalue weighted by Gasteiger charge is -2.26. The van der Waals surface area contributed by atoms with E-state index in [1.807, 2.05) is 0 Å². The van der Waals surface area contributed by atoms with E-state index in [0.29, 0.717) is 15.7 Å². The van der Waals surface area contributed by atoms with Crippen LogP contribution in [0.25, 0.3) is 0 Å². The van der Waals surface area contributed by atoms with E-state index in [0.717, 1.165) is 30.6 Å². The molecule has 0 saturated heterocycles. The molecule has 2 N–H and O–H groups in total. The van der Waals surface area contributed by atoms with Crippen molar-refractivity contribution in [2.75, 3.05) is 0 Å². The maximum Gasteiger partial charge on any atom is 0.348 e. The third-order valence-electron chi connectivity index (χ3n) is 3.54. The van der Waals surface area contributed by atoms with Crippen LogP contribution in [0.5, 0.6) is 0 Å². The molecule has 0 radical (unpaired) electrons. The number of carbonyl (C=O) groups excluding carboxylic acids is 1. The Labute approximate surface area is 123 Å². The topological polar surface area (TPSA) is 86.5 Å². The summed E-state index contributed by atoms with van der Waals surface area (Å²) in [5.41, 5.74) is 0. The minimum Gasteiger partial charge on any atom is -0.458 e. The van der Waals surface area contributed by atoms with Crippen molar-refractivity contribution in [3.63, 3.8) is 0 Å². The number of primary sulfonamides is 1. The Bertz CT molecular complexity index is 606. The van der Waals surface area contributed by atoms with Gasteiger partial charge < -0.3 is 4.74 Å². The molecule has 1 aromatic heterocycles. The van der Waals surface area contributed by atoms with Crippen LogP contribution >= 0.6 is 11.3 Å². The number of ether oxygens (including phenoxy) is 1. The van der Waals surface area contributed by atoms with Gasteiger partial charge in [-0.1, -0.05) is 13.3 Å². The van der Waals surface area contributed by atoms with Gasteiger partial charge in [-0.15, -0.1) is 11.3 Å². The number of hydrogen-bond donors (Lipinski definition) is 1. The van der Waals surface area contributed by atoms with Gasteiger partial charge in [0.15, 0.2) is 0 Å². The van der Waals surface area contributed by atoms with Crippen LogP contribution in [0.1, 0.15) is 47.2 Å². The number of esters is 1. The molecule has 20 heavy (non-hydrogen) atoms. The van der Waals surface area contributed by atoms with Crippen LogP contribution < -0.4 is 5.14 Å². The second-order valence-electron chi connectivity index (χ2n) is 5.38. The summed E-state index contributed by atoms with van der Waals surface area (Å²) >= 11 is 1.11. The van der Waals surface area contributed by atoms with Crippen LogP contribution in [-0.2, 0) is 14.8 Å². The van der Waals surface area contributed by atoms with Crippen LogP contribution in [0.3, 0.4) is 0 Å². The Kier molecular flexibility index (Phi) is 4.51. The molecule has 0 aliphatic heterocycles. The highest BCUT2D eigenvalue weighted by atomic mass is 32.2. The van der Waals surface area contributed by atoms with Gasteiger partial charge in [0.1, 0.15) is 11.0 Å². The first kappa shape index (κ1) is 15.5. The molecule has 5 nitrogen and oxygen atoms in total. The summed E-state index contributed by atoms with van der Waals surface area (Å²) in [5.74, 6) is 0.110. The third kappa shape index (κ3) is 3.59. The highest BCUT2D eigenvalue weighted by Crippen LogP contribution is 2.29. The summed E-state index contributed by atoms with van der Waals surface area (Å²) in [4.78, 5) is 12.9. The summed E-state index contributed by atoms with van der Waals surface area (Å²) in [5, 5.41) is 5.10. The van der Waals surface area contributed by atoms with E-state index in [1.165, 1.54) is 12.5 Å². The van der Waals surface area contributed by atoms with Crippen LogP contribution in [-0.4, -0.2) is 20.5 Å². The summed E-state index contributed by atoms with van der Waals surface area (Å²) in [7, 11) is -3.79. The molecular weight excluding hydrogens is 298 g/mol. The van der Waals surface area contributed by atoms with E-state index in [4.69, 9.17) is 9.88 Å². The predicted molar refractivity (Wildman–Crippen MR) is 77.3 cm³/mol. The molecule has 7 heteroatoms. The average Bonchev–Trinajstić information content (AvgIpc) is 2.71. The molecule has 2 rings (SSSR count). The van der Waals surface area contributed by atoms with Crippen molar-refractivity contribution in [2.45, 2.75) is 50.5 Å². The van der Waals surface area contributed by atoms with Crippen molar-refractivity contribution in [1.29, 1.82) is 0 Å². The predicted octanol–water partition coefficient (Wildman–Crippen LogP) is 2.44. The first-order valence-electron chi connectivity index (χ1n) is 6.61. The van der Waals surface area contributed by atoms with Crippen molar-refractivity contribution in [2.24, 2.45) is 11.1 Å². The second-order valence-corrected chi connectivity index (χ2v) is 8.16. The summed E-state index contributed by atoms with van der Waals surface area (Å²) in [6.07, 6.45) is 3.92. The average molecular weight is 317 g/mol. The molecule has 1 aliphatic rings. The van der Waals surface area contributed by atoms with E-state index < -0.39 is 16.0 Å². The van der Waals surface area contributed by atoms with Crippen molar-refractivity contribution < 1.29 is 17.9 Å². The number of carbonyl (C=O) groups is 1. The van der Waals surface area contributed by atoms with Crippen LogP contribution in [0.4, 0.5) is 0 Å². The van der Waals surface area contributed by atoms with Gasteiger partial charge >= 0.3 is 5.97 Å². The van der Waals surface area contributed by atoms with Gasteiger partial charge in [0.25, 0.3) is 0 Å². The lowest BCUT2D eigenvalue weighted by molar-refractivity contribution is 0.0160. The zero-order chi connectivity index (χ0) is 14.9. The van der Waals surface area contributed by atoms with Crippen molar-refractivity contribution in [1.82, 2.24) is 0 Å². The quantitative estimate of drug-likeness (QED) is 0.867. The monoisotopic (exact) mass is 317 g/mol. The highest BCUT2D eigenvalue weighted by molar-refractivity contribution is 7.89. The van der Waals surface area contributed by atoms with Crippen molar-refractivity contribution in [3.05, 3.63) is 15.8 Å². The molecule has 1 fully saturated rings. The third-order valence-corrected chi connectivity index (χ3v) is 5.74. The fraction of sp³-hybridized carbons (Fsp3) is 0.615. The fourth-order valence-corrected chi connectivity index (χ4v) is 4.57. The Balaban J connectivity index is 2.10. The Hall–Kier alpha value is -0.920. The largest absolute Gasteiger partial charge is 0.458 e. The number of rotatable bonds is 3. The minimum absolute atomic E-state index is 0.00598. The molecule has 2 unspecified atom stereocenters. The van der Waals surface area contributed by atoms with E-state index in [2.05, 4.69) is 6.92 Å². The van der Waals surface area contributed by atoms with Gasteiger partial charge in [-0.05, 0) is 38.2 Å². The fourth-order valence-electron chi connectivity index (χ4n) is 2.54. The summed E-state index contributed by atoms with van der Waals surface area (Å²) in [6, 6.07) is 1.31. The zero-order valence-corrected chi connectivity index (χ0v) is 13.2. The van der Waals surface area contributed by atoms with Crippen LogP contribution in [0, 0.1) is 12.8 Å². The number of nitrogens with two attached hydrogens (primary N) is 1. The van der Waals surface area contributed by atoms with Gasteiger partial charge in [0, 0.05) is 4.88 Å². The van der Waals surface area contributed by atoms with Gasteiger partial charge in [-0.25, -0.2) is 18.4 Å². The summed E-state index contributed by atoms with van der Waals surface area (Å²) < 4.78 is 28.2. The SMILES string of the molecule is Cc1sc(C(=O)OC2CCCC(C)C2)cc1S(N)(=O)=O. The molecule has 1 saturated carbocycles. The van der Waals surface area contributed by atoms with Gasteiger partial charge in [0.05, 0.1) is 4.90 Å². The molecule has 0 aromatic carbocycles. The Morgan fingerprint density at radius 3 is 2.70 bits per heavy atom. The lowest BCUT2D eigenvalue weighted by Crippen LogP contribution is -2.24. The molecule has 2 atom stereocenters. The number of hydrogen-bond acceptors (Lipinski definition) is 5. The van der Waals surface area contributed by atoms with E-state index in [9.17, 15) is 13.2 Å². The van der Waals surface area contributed by atoms with E-state index in [-0.39, 0.29) is 11.0 Å². The highest BCUT2D eigenvalue weighted by Gasteiger charge is 2.25. The lowest BCUT2D eigenvalue weighted by atomic mass is 9.89. The number of thiophene rings is 1. The van der Waals surface area contributed by atoms with Gasteiger partial charge in [0.2, 0.25) is 10.0 Å². The Morgan fingerprint density at radius 2 is 2.15 bits per heavy atom. The maximum absolute atomic E-state index is 12.1. The molecule has 1 heterocycles. The number of aryl methyl sites for hydroxylation is 1. The summed E-state index contributed by atoms with van der Waals surface area (Å²) in [6.45, 7) is 3.78. The normalized spacial score (nSPS) is 23.6. The van der Waals surface area contributed by atoms with Crippen LogP contribution in [0.15, 0.2) is 11.0 Å². The first-order valence-corrected chi connectivity index (χ1v) is 8.98. The minimum atomic E-state index is -3.79. The smallest absolute Gasteiger partial charge is 0.348 e. The first-order chi connectivity index (χ1) is 9.27. The standard InChI is InChI=1S/C13H19NO4S2/c1-8-4-3-5-10(6-8)18-13(15)11-7-12(9(2)19-11)20(14,16)17/h7-8,10H,3-6H2,1-2H3,(H2,14,16,17). The molecule has 112 valence electrons. The molecular formula is C13H19NO4S2.